The third-order valence-corrected chi connectivity index (χ3v) is 7.75. The molecule has 4 heterocycles. The largest absolute Gasteiger partial charge is 0.380 e. The summed E-state index contributed by atoms with van der Waals surface area (Å²) in [5.41, 5.74) is 5.88. The highest BCUT2D eigenvalue weighted by Crippen LogP contribution is 2.35. The molecule has 4 aromatic rings. The van der Waals surface area contributed by atoms with E-state index in [1.165, 1.54) is 11.3 Å². The Hall–Kier alpha value is -2.40. The zero-order chi connectivity index (χ0) is 20.5. The zero-order valence-electron chi connectivity index (χ0n) is 16.0. The Balaban J connectivity index is 1.42. The Morgan fingerprint density at radius 2 is 2.20 bits per heavy atom. The number of ether oxygens (including phenoxy) is 1. The Kier molecular flexibility index (Phi) is 5.47. The number of hydrogen-bond donors (Lipinski definition) is 1. The molecule has 30 heavy (non-hydrogen) atoms. The van der Waals surface area contributed by atoms with Crippen molar-refractivity contribution in [3.8, 4) is 11.1 Å². The van der Waals surface area contributed by atoms with Crippen molar-refractivity contribution in [2.24, 2.45) is 0 Å². The number of nitrogens with zero attached hydrogens (tertiary/aromatic N) is 4. The number of rotatable bonds is 5. The quantitative estimate of drug-likeness (QED) is 0.438. The predicted molar refractivity (Wildman–Crippen MR) is 121 cm³/mol. The van der Waals surface area contributed by atoms with Gasteiger partial charge in [-0.2, -0.15) is 0 Å². The molecule has 10 heteroatoms. The van der Waals surface area contributed by atoms with Gasteiger partial charge in [-0.3, -0.25) is 15.1 Å². The second kappa shape index (κ2) is 8.38. The molecule has 1 amide bonds. The first-order valence-electron chi connectivity index (χ1n) is 9.36. The maximum absolute atomic E-state index is 13.1. The third-order valence-electron chi connectivity index (χ3n) is 4.71. The summed E-state index contributed by atoms with van der Waals surface area (Å²) in [5, 5.41) is 12.1. The van der Waals surface area contributed by atoms with Crippen molar-refractivity contribution in [3.63, 3.8) is 0 Å². The molecule has 1 aliphatic rings. The summed E-state index contributed by atoms with van der Waals surface area (Å²) in [6.45, 7) is 3.43. The lowest BCUT2D eigenvalue weighted by Crippen LogP contribution is -2.13. The van der Waals surface area contributed by atoms with Crippen molar-refractivity contribution in [3.05, 3.63) is 47.2 Å². The van der Waals surface area contributed by atoms with E-state index in [1.807, 2.05) is 36.7 Å². The monoisotopic (exact) mass is 455 g/mol. The van der Waals surface area contributed by atoms with Crippen LogP contribution < -0.4 is 5.32 Å². The van der Waals surface area contributed by atoms with Crippen LogP contribution in [0.4, 0.5) is 5.13 Å². The van der Waals surface area contributed by atoms with Crippen LogP contribution in [0.3, 0.4) is 0 Å². The number of aryl methyl sites for hydroxylation is 1. The lowest BCUT2D eigenvalue weighted by Gasteiger charge is -2.10. The minimum absolute atomic E-state index is 0.254. The van der Waals surface area contributed by atoms with Crippen LogP contribution in [0.15, 0.2) is 40.3 Å². The normalized spacial score (nSPS) is 16.2. The van der Waals surface area contributed by atoms with Crippen LogP contribution >= 0.6 is 34.4 Å². The first kappa shape index (κ1) is 19.6. The predicted octanol–water partition coefficient (Wildman–Crippen LogP) is 4.65. The molecular formula is C20H17N5O2S3. The SMILES string of the molecule is Cc1cc(-c2cccc3ncsc23)c(C(=O)Nc2nnc(SC3CCOC3)s2)cn1. The van der Waals surface area contributed by atoms with Crippen LogP contribution in [-0.4, -0.2) is 44.5 Å². The summed E-state index contributed by atoms with van der Waals surface area (Å²) in [6.07, 6.45) is 2.62. The van der Waals surface area contributed by atoms with Gasteiger partial charge in [0.25, 0.3) is 5.91 Å². The van der Waals surface area contributed by atoms with Crippen LogP contribution in [0.2, 0.25) is 0 Å². The van der Waals surface area contributed by atoms with E-state index < -0.39 is 0 Å². The molecular weight excluding hydrogens is 438 g/mol. The Bertz CT molecular complexity index is 1220. The standard InChI is InChI=1S/C20H17N5O2S3/c1-11-7-14(13-3-2-4-16-17(13)28-10-22-16)15(8-21-11)18(26)23-19-24-25-20(30-19)29-12-5-6-27-9-12/h2-4,7-8,10,12H,5-6,9H2,1H3,(H,23,24,26). The number of hydrogen-bond acceptors (Lipinski definition) is 9. The highest BCUT2D eigenvalue weighted by atomic mass is 32.2. The van der Waals surface area contributed by atoms with Gasteiger partial charge in [0.1, 0.15) is 0 Å². The number of aromatic nitrogens is 4. The maximum atomic E-state index is 13.1. The van der Waals surface area contributed by atoms with Crippen molar-refractivity contribution in [2.75, 3.05) is 18.5 Å². The van der Waals surface area contributed by atoms with Crippen molar-refractivity contribution in [1.82, 2.24) is 20.2 Å². The van der Waals surface area contributed by atoms with Gasteiger partial charge in [0.2, 0.25) is 5.13 Å². The second-order valence-corrected chi connectivity index (χ2v) is 10.2. The van der Waals surface area contributed by atoms with Crippen LogP contribution in [0.25, 0.3) is 21.3 Å². The smallest absolute Gasteiger partial charge is 0.259 e. The fraction of sp³-hybridized carbons (Fsp3) is 0.250. The van der Waals surface area contributed by atoms with Gasteiger partial charge in [0.15, 0.2) is 4.34 Å². The maximum Gasteiger partial charge on any atom is 0.259 e. The molecule has 1 saturated heterocycles. The number of thioether (sulfide) groups is 1. The number of fused-ring (bicyclic) bond motifs is 1. The van der Waals surface area contributed by atoms with Gasteiger partial charge in [-0.15, -0.1) is 21.5 Å². The van der Waals surface area contributed by atoms with Crippen molar-refractivity contribution in [2.45, 2.75) is 22.9 Å². The third kappa shape index (κ3) is 3.95. The van der Waals surface area contributed by atoms with E-state index in [9.17, 15) is 4.79 Å². The lowest BCUT2D eigenvalue weighted by molar-refractivity contribution is 0.102. The highest BCUT2D eigenvalue weighted by Gasteiger charge is 2.21. The van der Waals surface area contributed by atoms with Crippen molar-refractivity contribution in [1.29, 1.82) is 0 Å². The molecule has 1 fully saturated rings. The van der Waals surface area contributed by atoms with Gasteiger partial charge < -0.3 is 4.74 Å². The zero-order valence-corrected chi connectivity index (χ0v) is 18.4. The van der Waals surface area contributed by atoms with Crippen LogP contribution in [0.1, 0.15) is 22.5 Å². The van der Waals surface area contributed by atoms with E-state index in [1.54, 1.807) is 29.3 Å². The minimum atomic E-state index is -0.254. The van der Waals surface area contributed by atoms with Crippen LogP contribution in [0, 0.1) is 6.92 Å². The van der Waals surface area contributed by atoms with Gasteiger partial charge in [-0.05, 0) is 31.0 Å². The van der Waals surface area contributed by atoms with E-state index >= 15 is 0 Å². The van der Waals surface area contributed by atoms with Crippen LogP contribution in [0.5, 0.6) is 0 Å². The summed E-state index contributed by atoms with van der Waals surface area (Å²) in [4.78, 5) is 21.8. The summed E-state index contributed by atoms with van der Waals surface area (Å²) in [6, 6.07) is 7.87. The first-order valence-corrected chi connectivity index (χ1v) is 11.9. The van der Waals surface area contributed by atoms with E-state index in [2.05, 4.69) is 25.5 Å². The Morgan fingerprint density at radius 1 is 1.27 bits per heavy atom. The number of thiazole rings is 1. The topological polar surface area (TPSA) is 89.9 Å². The van der Waals surface area contributed by atoms with Crippen molar-refractivity contribution >= 4 is 55.7 Å². The number of pyridine rings is 1. The number of carbonyl (C=O) groups excluding carboxylic acids is 1. The molecule has 1 N–H and O–H groups in total. The molecule has 1 atom stereocenters. The van der Waals surface area contributed by atoms with Gasteiger partial charge in [-0.1, -0.05) is 35.2 Å². The molecule has 1 aliphatic heterocycles. The fourth-order valence-corrected chi connectivity index (χ4v) is 6.16. The molecule has 5 rings (SSSR count). The molecule has 1 aromatic carbocycles. The fourth-order valence-electron chi connectivity index (χ4n) is 3.28. The van der Waals surface area contributed by atoms with E-state index in [-0.39, 0.29) is 5.91 Å². The minimum Gasteiger partial charge on any atom is -0.380 e. The molecule has 0 spiro atoms. The number of benzene rings is 1. The molecule has 0 bridgehead atoms. The summed E-state index contributed by atoms with van der Waals surface area (Å²) >= 11 is 4.59. The molecule has 1 unspecified atom stereocenters. The van der Waals surface area contributed by atoms with E-state index in [0.717, 1.165) is 51.0 Å². The Labute approximate surface area is 184 Å². The first-order chi connectivity index (χ1) is 14.7. The molecule has 7 nitrogen and oxygen atoms in total. The average molecular weight is 456 g/mol. The van der Waals surface area contributed by atoms with Gasteiger partial charge >= 0.3 is 0 Å². The summed E-state index contributed by atoms with van der Waals surface area (Å²) in [5.74, 6) is -0.254. The molecule has 0 radical (unpaired) electrons. The summed E-state index contributed by atoms with van der Waals surface area (Å²) in [7, 11) is 0. The second-order valence-electron chi connectivity index (χ2n) is 6.81. The number of amides is 1. The Morgan fingerprint density at radius 3 is 3.07 bits per heavy atom. The summed E-state index contributed by atoms with van der Waals surface area (Å²) < 4.78 is 7.28. The average Bonchev–Trinajstić information content (AvgIpc) is 3.50. The van der Waals surface area contributed by atoms with E-state index in [0.29, 0.717) is 15.9 Å². The molecule has 0 saturated carbocycles. The lowest BCUT2D eigenvalue weighted by atomic mass is 10.00. The number of carbonyl (C=O) groups is 1. The van der Waals surface area contributed by atoms with Crippen molar-refractivity contribution < 1.29 is 9.53 Å². The molecule has 152 valence electrons. The van der Waals surface area contributed by atoms with Gasteiger partial charge in [0.05, 0.1) is 27.9 Å². The highest BCUT2D eigenvalue weighted by molar-refractivity contribution is 8.01. The van der Waals surface area contributed by atoms with Gasteiger partial charge in [-0.25, -0.2) is 4.98 Å². The number of anilines is 1. The van der Waals surface area contributed by atoms with Gasteiger partial charge in [0, 0.05) is 29.3 Å². The van der Waals surface area contributed by atoms with E-state index in [4.69, 9.17) is 4.74 Å². The molecule has 3 aromatic heterocycles. The van der Waals surface area contributed by atoms with Crippen LogP contribution in [-0.2, 0) is 4.74 Å². The number of nitrogens with one attached hydrogen (secondary N) is 1. The molecule has 0 aliphatic carbocycles.